The Morgan fingerprint density at radius 3 is 2.48 bits per heavy atom. The largest absolute Gasteiger partial charge is 0.494 e. The molecule has 0 aliphatic carbocycles. The highest BCUT2D eigenvalue weighted by molar-refractivity contribution is 7.21. The molecule has 0 atom stereocenters. The first kappa shape index (κ1) is 19.7. The minimum Gasteiger partial charge on any atom is -0.494 e. The molecule has 1 aromatic heterocycles. The third-order valence-electron chi connectivity index (χ3n) is 4.49. The van der Waals surface area contributed by atoms with E-state index >= 15 is 0 Å². The number of aryl methyl sites for hydroxylation is 1. The van der Waals surface area contributed by atoms with Gasteiger partial charge in [-0.25, -0.2) is 4.98 Å². The van der Waals surface area contributed by atoms with Gasteiger partial charge in [-0.3, -0.25) is 4.79 Å². The summed E-state index contributed by atoms with van der Waals surface area (Å²) in [6.45, 7) is 1.94. The number of benzene rings is 3. The average molecular weight is 443 g/mol. The third-order valence-corrected chi connectivity index (χ3v) is 6.14. The SMILES string of the molecule is COc1c(Cl)cc(C(=O)Nc2cc(-c3nc4ccccc4s3)ccc2C)cc1Cl. The maximum Gasteiger partial charge on any atom is 0.255 e. The van der Waals surface area contributed by atoms with Crippen LogP contribution in [0.4, 0.5) is 5.69 Å². The number of para-hydroxylation sites is 1. The number of carbonyl (C=O) groups excluding carboxylic acids is 1. The molecule has 3 aromatic carbocycles. The Morgan fingerprint density at radius 2 is 1.79 bits per heavy atom. The molecule has 1 amide bonds. The van der Waals surface area contributed by atoms with Crippen LogP contribution in [-0.4, -0.2) is 18.0 Å². The zero-order valence-electron chi connectivity index (χ0n) is 15.6. The quantitative estimate of drug-likeness (QED) is 0.376. The summed E-state index contributed by atoms with van der Waals surface area (Å²) in [4.78, 5) is 17.5. The number of fused-ring (bicyclic) bond motifs is 1. The second-order valence-electron chi connectivity index (χ2n) is 6.44. The predicted molar refractivity (Wildman–Crippen MR) is 121 cm³/mol. The molecule has 0 aliphatic heterocycles. The fourth-order valence-electron chi connectivity index (χ4n) is 2.97. The van der Waals surface area contributed by atoms with E-state index in [9.17, 15) is 4.79 Å². The monoisotopic (exact) mass is 442 g/mol. The minimum absolute atomic E-state index is 0.282. The Labute approximate surface area is 182 Å². The van der Waals surface area contributed by atoms with Crippen LogP contribution in [0.25, 0.3) is 20.8 Å². The van der Waals surface area contributed by atoms with Gasteiger partial charge in [0.05, 0.1) is 27.4 Å². The molecule has 0 aliphatic rings. The molecule has 4 nitrogen and oxygen atoms in total. The first-order valence-electron chi connectivity index (χ1n) is 8.77. The summed E-state index contributed by atoms with van der Waals surface area (Å²) in [6, 6.07) is 17.0. The zero-order chi connectivity index (χ0) is 20.5. The number of aromatic nitrogens is 1. The van der Waals surface area contributed by atoms with Gasteiger partial charge in [-0.1, -0.05) is 47.5 Å². The number of ether oxygens (including phenoxy) is 1. The van der Waals surface area contributed by atoms with E-state index in [0.29, 0.717) is 17.0 Å². The van der Waals surface area contributed by atoms with E-state index in [1.807, 2.05) is 49.4 Å². The third kappa shape index (κ3) is 3.94. The molecule has 1 heterocycles. The molecule has 4 aromatic rings. The van der Waals surface area contributed by atoms with Gasteiger partial charge in [0.25, 0.3) is 5.91 Å². The molecule has 4 rings (SSSR count). The van der Waals surface area contributed by atoms with E-state index in [1.54, 1.807) is 11.3 Å². The van der Waals surface area contributed by atoms with Gasteiger partial charge in [0.1, 0.15) is 5.01 Å². The topological polar surface area (TPSA) is 51.2 Å². The number of amides is 1. The maximum atomic E-state index is 12.8. The van der Waals surface area contributed by atoms with Crippen molar-refractivity contribution in [2.24, 2.45) is 0 Å². The minimum atomic E-state index is -0.305. The Balaban J connectivity index is 1.65. The van der Waals surface area contributed by atoms with E-state index in [-0.39, 0.29) is 16.0 Å². The standard InChI is InChI=1S/C22H16Cl2N2O2S/c1-12-7-8-13(22-26-17-5-3-4-6-19(17)29-22)11-18(12)25-21(27)14-9-15(23)20(28-2)16(24)10-14/h3-11H,1-2H3,(H,25,27). The van der Waals surface area contributed by atoms with Crippen LogP contribution < -0.4 is 10.1 Å². The number of carbonyl (C=O) groups is 1. The van der Waals surface area contributed by atoms with Crippen molar-refractivity contribution in [3.05, 3.63) is 75.8 Å². The van der Waals surface area contributed by atoms with Crippen molar-refractivity contribution in [1.29, 1.82) is 0 Å². The van der Waals surface area contributed by atoms with Gasteiger partial charge in [0, 0.05) is 16.8 Å². The van der Waals surface area contributed by atoms with Gasteiger partial charge in [-0.15, -0.1) is 11.3 Å². The van der Waals surface area contributed by atoms with Crippen LogP contribution in [0.15, 0.2) is 54.6 Å². The Hall–Kier alpha value is -2.60. The van der Waals surface area contributed by atoms with Crippen molar-refractivity contribution in [3.63, 3.8) is 0 Å². The second-order valence-corrected chi connectivity index (χ2v) is 8.29. The number of nitrogens with zero attached hydrogens (tertiary/aromatic N) is 1. The molecule has 29 heavy (non-hydrogen) atoms. The molecule has 0 unspecified atom stereocenters. The number of nitrogens with one attached hydrogen (secondary N) is 1. The van der Waals surface area contributed by atoms with Crippen LogP contribution in [0.3, 0.4) is 0 Å². The summed E-state index contributed by atoms with van der Waals surface area (Å²) in [5.74, 6) is 0.0416. The van der Waals surface area contributed by atoms with Gasteiger partial charge < -0.3 is 10.1 Å². The van der Waals surface area contributed by atoms with Gasteiger partial charge in [0.2, 0.25) is 0 Å². The van der Waals surface area contributed by atoms with Crippen molar-refractivity contribution in [2.45, 2.75) is 6.92 Å². The van der Waals surface area contributed by atoms with Crippen LogP contribution in [0.5, 0.6) is 5.75 Å². The van der Waals surface area contributed by atoms with Crippen molar-refractivity contribution in [3.8, 4) is 16.3 Å². The van der Waals surface area contributed by atoms with Gasteiger partial charge in [0.15, 0.2) is 5.75 Å². The van der Waals surface area contributed by atoms with Gasteiger partial charge >= 0.3 is 0 Å². The second kappa shape index (κ2) is 8.03. The van der Waals surface area contributed by atoms with Gasteiger partial charge in [-0.05, 0) is 42.8 Å². The smallest absolute Gasteiger partial charge is 0.255 e. The molecule has 0 saturated carbocycles. The first-order valence-corrected chi connectivity index (χ1v) is 10.3. The fourth-order valence-corrected chi connectivity index (χ4v) is 4.57. The number of methoxy groups -OCH3 is 1. The van der Waals surface area contributed by atoms with E-state index < -0.39 is 0 Å². The summed E-state index contributed by atoms with van der Waals surface area (Å²) in [5, 5.41) is 4.41. The highest BCUT2D eigenvalue weighted by Crippen LogP contribution is 2.35. The number of halogens is 2. The van der Waals surface area contributed by atoms with Crippen molar-refractivity contribution < 1.29 is 9.53 Å². The molecule has 146 valence electrons. The van der Waals surface area contributed by atoms with E-state index in [0.717, 1.165) is 26.4 Å². The Kier molecular flexibility index (Phi) is 5.46. The lowest BCUT2D eigenvalue weighted by Crippen LogP contribution is -2.13. The first-order chi connectivity index (χ1) is 14.0. The molecule has 0 spiro atoms. The lowest BCUT2D eigenvalue weighted by molar-refractivity contribution is 0.102. The molecule has 1 N–H and O–H groups in total. The lowest BCUT2D eigenvalue weighted by Gasteiger charge is -2.12. The summed E-state index contributed by atoms with van der Waals surface area (Å²) in [6.07, 6.45) is 0. The number of anilines is 1. The van der Waals surface area contributed by atoms with E-state index in [2.05, 4.69) is 5.32 Å². The number of hydrogen-bond acceptors (Lipinski definition) is 4. The van der Waals surface area contributed by atoms with Crippen molar-refractivity contribution >= 4 is 56.3 Å². The van der Waals surface area contributed by atoms with Crippen molar-refractivity contribution in [2.75, 3.05) is 12.4 Å². The average Bonchev–Trinajstić information content (AvgIpc) is 3.13. The molecule has 0 bridgehead atoms. The molecular formula is C22H16Cl2N2O2S. The van der Waals surface area contributed by atoms with Crippen molar-refractivity contribution in [1.82, 2.24) is 4.98 Å². The molecular weight excluding hydrogens is 427 g/mol. The molecule has 0 fully saturated rings. The highest BCUT2D eigenvalue weighted by atomic mass is 35.5. The summed E-state index contributed by atoms with van der Waals surface area (Å²) in [5.41, 5.74) is 3.90. The molecule has 0 radical (unpaired) electrons. The van der Waals surface area contributed by atoms with Gasteiger partial charge in [-0.2, -0.15) is 0 Å². The number of hydrogen-bond donors (Lipinski definition) is 1. The normalized spacial score (nSPS) is 10.9. The van der Waals surface area contributed by atoms with Crippen LogP contribution in [0.2, 0.25) is 10.0 Å². The van der Waals surface area contributed by atoms with Crippen LogP contribution in [0, 0.1) is 6.92 Å². The highest BCUT2D eigenvalue weighted by Gasteiger charge is 2.15. The van der Waals surface area contributed by atoms with Crippen LogP contribution in [-0.2, 0) is 0 Å². The van der Waals surface area contributed by atoms with E-state index in [4.69, 9.17) is 32.9 Å². The van der Waals surface area contributed by atoms with E-state index in [1.165, 1.54) is 19.2 Å². The Morgan fingerprint density at radius 1 is 1.07 bits per heavy atom. The maximum absolute atomic E-state index is 12.8. The fraction of sp³-hybridized carbons (Fsp3) is 0.0909. The Bertz CT molecular complexity index is 1180. The summed E-state index contributed by atoms with van der Waals surface area (Å²) >= 11 is 13.9. The summed E-state index contributed by atoms with van der Waals surface area (Å²) in [7, 11) is 1.48. The van der Waals surface area contributed by atoms with Crippen LogP contribution in [0.1, 0.15) is 15.9 Å². The molecule has 7 heteroatoms. The summed E-state index contributed by atoms with van der Waals surface area (Å²) < 4.78 is 6.26. The number of rotatable bonds is 4. The lowest BCUT2D eigenvalue weighted by atomic mass is 10.1. The molecule has 0 saturated heterocycles. The number of thiazole rings is 1. The predicted octanol–water partition coefficient (Wildman–Crippen LogP) is 6.84. The zero-order valence-corrected chi connectivity index (χ0v) is 18.0. The van der Waals surface area contributed by atoms with Crippen LogP contribution >= 0.6 is 34.5 Å².